The number of alkyl carbamates (subject to hydrolysis) is 1. The Morgan fingerprint density at radius 1 is 0.879 bits per heavy atom. The van der Waals surface area contributed by atoms with Crippen LogP contribution in [0.4, 0.5) is 4.79 Å². The summed E-state index contributed by atoms with van der Waals surface area (Å²) in [5.74, 6) is 0.405. The van der Waals surface area contributed by atoms with Crippen molar-refractivity contribution in [2.45, 2.75) is 45.0 Å². The molecule has 0 aromatic heterocycles. The van der Waals surface area contributed by atoms with Crippen LogP contribution in [0.1, 0.15) is 36.8 Å². The Morgan fingerprint density at radius 3 is 2.33 bits per heavy atom. The van der Waals surface area contributed by atoms with Gasteiger partial charge in [0.1, 0.15) is 25.1 Å². The molecule has 0 saturated carbocycles. The van der Waals surface area contributed by atoms with Crippen molar-refractivity contribution in [2.75, 3.05) is 26.9 Å². The fraction of sp³-hybridized carbons (Fsp3) is 0.440. The number of amides is 1. The zero-order valence-electron chi connectivity index (χ0n) is 19.0. The van der Waals surface area contributed by atoms with Crippen LogP contribution in [0.5, 0.6) is 5.75 Å². The lowest BCUT2D eigenvalue weighted by Crippen LogP contribution is -2.25. The monoisotopic (exact) mass is 459 g/mol. The molecule has 0 aliphatic rings. The van der Waals surface area contributed by atoms with Gasteiger partial charge in [0, 0.05) is 13.0 Å². The van der Waals surface area contributed by atoms with E-state index in [0.29, 0.717) is 19.6 Å². The summed E-state index contributed by atoms with van der Waals surface area (Å²) < 4.78 is 20.7. The molecule has 33 heavy (non-hydrogen) atoms. The number of carbonyl (C=O) groups excluding carboxylic acids is 2. The van der Waals surface area contributed by atoms with Crippen molar-refractivity contribution >= 4 is 12.1 Å². The Kier molecular flexibility index (Phi) is 12.4. The molecule has 0 radical (unpaired) electrons. The number of esters is 1. The minimum absolute atomic E-state index is 0.0748. The first-order valence-electron chi connectivity index (χ1n) is 11.1. The van der Waals surface area contributed by atoms with Gasteiger partial charge in [0.2, 0.25) is 0 Å². The number of carbonyl (C=O) groups is 2. The van der Waals surface area contributed by atoms with Crippen LogP contribution >= 0.6 is 0 Å². The average Bonchev–Trinajstić information content (AvgIpc) is 2.84. The van der Waals surface area contributed by atoms with Crippen LogP contribution in [-0.4, -0.2) is 50.1 Å². The molecule has 0 spiro atoms. The lowest BCUT2D eigenvalue weighted by Gasteiger charge is -2.12. The SMILES string of the molecule is COc1ccc(COC[C@@H](O)COC(=O)CCCCCNC(=O)OCc2ccccc2)cc1. The predicted octanol–water partition coefficient (Wildman–Crippen LogP) is 3.60. The number of hydrogen-bond donors (Lipinski definition) is 2. The molecule has 2 N–H and O–H groups in total. The highest BCUT2D eigenvalue weighted by molar-refractivity contribution is 5.69. The van der Waals surface area contributed by atoms with Crippen molar-refractivity contribution in [1.82, 2.24) is 5.32 Å². The summed E-state index contributed by atoms with van der Waals surface area (Å²) in [7, 11) is 1.60. The predicted molar refractivity (Wildman–Crippen MR) is 123 cm³/mol. The molecule has 0 aliphatic carbocycles. The smallest absolute Gasteiger partial charge is 0.407 e. The fourth-order valence-corrected chi connectivity index (χ4v) is 2.88. The molecular formula is C25H33NO7. The first-order chi connectivity index (χ1) is 16.1. The maximum atomic E-state index is 11.8. The molecule has 1 amide bonds. The highest BCUT2D eigenvalue weighted by Crippen LogP contribution is 2.12. The number of ether oxygens (including phenoxy) is 4. The Labute approximate surface area is 194 Å². The summed E-state index contributed by atoms with van der Waals surface area (Å²) in [4.78, 5) is 23.4. The molecule has 2 aromatic carbocycles. The lowest BCUT2D eigenvalue weighted by molar-refractivity contribution is -0.148. The number of aliphatic hydroxyl groups excluding tert-OH is 1. The van der Waals surface area contributed by atoms with E-state index in [1.54, 1.807) is 7.11 Å². The molecule has 0 aliphatic heterocycles. The molecule has 0 saturated heterocycles. The number of aliphatic hydroxyl groups is 1. The van der Waals surface area contributed by atoms with Crippen molar-refractivity contribution in [3.8, 4) is 5.75 Å². The maximum absolute atomic E-state index is 11.8. The number of nitrogens with one attached hydrogen (secondary N) is 1. The van der Waals surface area contributed by atoms with Gasteiger partial charge in [-0.05, 0) is 36.1 Å². The third-order valence-corrected chi connectivity index (χ3v) is 4.71. The third-order valence-electron chi connectivity index (χ3n) is 4.71. The highest BCUT2D eigenvalue weighted by Gasteiger charge is 2.09. The van der Waals surface area contributed by atoms with E-state index in [1.807, 2.05) is 54.6 Å². The molecule has 180 valence electrons. The number of rotatable bonds is 15. The lowest BCUT2D eigenvalue weighted by atomic mass is 10.2. The second-order valence-corrected chi connectivity index (χ2v) is 7.50. The summed E-state index contributed by atoms with van der Waals surface area (Å²) in [5, 5.41) is 12.6. The topological polar surface area (TPSA) is 103 Å². The summed E-state index contributed by atoms with van der Waals surface area (Å²) in [6, 6.07) is 16.9. The number of hydrogen-bond acceptors (Lipinski definition) is 7. The van der Waals surface area contributed by atoms with Crippen LogP contribution in [0, 0.1) is 0 Å². The molecule has 8 heteroatoms. The second-order valence-electron chi connectivity index (χ2n) is 7.50. The minimum Gasteiger partial charge on any atom is -0.497 e. The standard InChI is InChI=1S/C25H33NO7/c1-30-23-13-11-21(12-14-23)16-31-18-22(27)19-32-24(28)10-6-3-7-15-26-25(29)33-17-20-8-4-2-5-9-20/h2,4-5,8-9,11-14,22,27H,3,6-7,10,15-19H2,1H3,(H,26,29)/t22-/m1/s1. The van der Waals surface area contributed by atoms with Crippen LogP contribution in [0.2, 0.25) is 0 Å². The van der Waals surface area contributed by atoms with Gasteiger partial charge in [0.05, 0.1) is 20.3 Å². The minimum atomic E-state index is -0.877. The van der Waals surface area contributed by atoms with E-state index < -0.39 is 12.2 Å². The van der Waals surface area contributed by atoms with Gasteiger partial charge in [-0.25, -0.2) is 4.79 Å². The Morgan fingerprint density at radius 2 is 1.61 bits per heavy atom. The maximum Gasteiger partial charge on any atom is 0.407 e. The fourth-order valence-electron chi connectivity index (χ4n) is 2.88. The van der Waals surface area contributed by atoms with Gasteiger partial charge in [-0.15, -0.1) is 0 Å². The van der Waals surface area contributed by atoms with E-state index in [4.69, 9.17) is 18.9 Å². The quantitative estimate of drug-likeness (QED) is 0.310. The van der Waals surface area contributed by atoms with Gasteiger partial charge in [-0.3, -0.25) is 4.79 Å². The van der Waals surface area contributed by atoms with Crippen molar-refractivity contribution < 1.29 is 33.6 Å². The molecule has 0 bridgehead atoms. The van der Waals surface area contributed by atoms with Crippen molar-refractivity contribution in [2.24, 2.45) is 0 Å². The molecule has 0 unspecified atom stereocenters. The van der Waals surface area contributed by atoms with Crippen LogP contribution in [-0.2, 0) is 32.2 Å². The average molecular weight is 460 g/mol. The molecular weight excluding hydrogens is 426 g/mol. The molecule has 0 heterocycles. The first-order valence-corrected chi connectivity index (χ1v) is 11.1. The van der Waals surface area contributed by atoms with Gasteiger partial charge in [0.25, 0.3) is 0 Å². The van der Waals surface area contributed by atoms with Gasteiger partial charge < -0.3 is 29.4 Å². The van der Waals surface area contributed by atoms with Crippen molar-refractivity contribution in [3.05, 3.63) is 65.7 Å². The summed E-state index contributed by atoms with van der Waals surface area (Å²) in [6.07, 6.45) is 1.07. The largest absolute Gasteiger partial charge is 0.497 e. The van der Waals surface area contributed by atoms with Crippen LogP contribution in [0.3, 0.4) is 0 Å². The highest BCUT2D eigenvalue weighted by atomic mass is 16.6. The molecule has 2 aromatic rings. The van der Waals surface area contributed by atoms with E-state index >= 15 is 0 Å². The van der Waals surface area contributed by atoms with Crippen LogP contribution < -0.4 is 10.1 Å². The normalized spacial score (nSPS) is 11.5. The third kappa shape index (κ3) is 11.9. The zero-order valence-corrected chi connectivity index (χ0v) is 19.0. The van der Waals surface area contributed by atoms with E-state index in [1.165, 1.54) is 0 Å². The summed E-state index contributed by atoms with van der Waals surface area (Å²) in [6.45, 7) is 1.04. The van der Waals surface area contributed by atoms with E-state index in [0.717, 1.165) is 29.7 Å². The van der Waals surface area contributed by atoms with Gasteiger partial charge >= 0.3 is 12.1 Å². The van der Waals surface area contributed by atoms with E-state index in [2.05, 4.69) is 5.32 Å². The van der Waals surface area contributed by atoms with Gasteiger partial charge in [-0.2, -0.15) is 0 Å². The number of benzene rings is 2. The van der Waals surface area contributed by atoms with Crippen LogP contribution in [0.15, 0.2) is 54.6 Å². The Balaban J connectivity index is 1.42. The van der Waals surface area contributed by atoms with Crippen LogP contribution in [0.25, 0.3) is 0 Å². The first kappa shape index (κ1) is 26.2. The van der Waals surface area contributed by atoms with Crippen molar-refractivity contribution in [3.63, 3.8) is 0 Å². The zero-order chi connectivity index (χ0) is 23.7. The van der Waals surface area contributed by atoms with Gasteiger partial charge in [0.15, 0.2) is 0 Å². The number of methoxy groups -OCH3 is 1. The molecule has 1 atom stereocenters. The molecule has 8 nitrogen and oxygen atoms in total. The van der Waals surface area contributed by atoms with Crippen molar-refractivity contribution in [1.29, 1.82) is 0 Å². The summed E-state index contributed by atoms with van der Waals surface area (Å²) >= 11 is 0. The molecule has 0 fully saturated rings. The van der Waals surface area contributed by atoms with E-state index in [-0.39, 0.29) is 32.2 Å². The second kappa shape index (κ2) is 15.7. The Hall–Kier alpha value is -3.10. The number of unbranched alkanes of at least 4 members (excludes halogenated alkanes) is 2. The Bertz CT molecular complexity index is 811. The molecule has 2 rings (SSSR count). The summed E-state index contributed by atoms with van der Waals surface area (Å²) in [5.41, 5.74) is 1.89. The van der Waals surface area contributed by atoms with E-state index in [9.17, 15) is 14.7 Å². The van der Waals surface area contributed by atoms with Gasteiger partial charge in [-0.1, -0.05) is 48.9 Å².